The number of phenols is 1. The van der Waals surface area contributed by atoms with Crippen molar-refractivity contribution >= 4 is 19.7 Å². The van der Waals surface area contributed by atoms with Crippen molar-refractivity contribution in [3.63, 3.8) is 0 Å². The van der Waals surface area contributed by atoms with E-state index < -0.39 is 31.7 Å². The van der Waals surface area contributed by atoms with Crippen LogP contribution in [0.4, 0.5) is 8.78 Å². The molecule has 7 heteroatoms. The third-order valence-electron chi connectivity index (χ3n) is 1.53. The molecule has 0 fully saturated rings. The first kappa shape index (κ1) is 11.2. The van der Waals surface area contributed by atoms with Crippen LogP contribution in [0.2, 0.25) is 0 Å². The van der Waals surface area contributed by atoms with Gasteiger partial charge in [0.25, 0.3) is 15.5 Å². The molecule has 1 aromatic carbocycles. The summed E-state index contributed by atoms with van der Waals surface area (Å²) in [4.78, 5) is -0.711. The Morgan fingerprint density at radius 2 is 1.93 bits per heavy atom. The monoisotopic (exact) mass is 242 g/mol. The summed E-state index contributed by atoms with van der Waals surface area (Å²) in [6, 6.07) is 2.95. The maximum absolute atomic E-state index is 12.2. The second-order valence-corrected chi connectivity index (χ2v) is 4.97. The average molecular weight is 243 g/mol. The normalized spacial score (nSPS) is 12.0. The van der Waals surface area contributed by atoms with Gasteiger partial charge < -0.3 is 5.11 Å². The fourth-order valence-corrected chi connectivity index (χ4v) is 1.88. The molecule has 0 aliphatic heterocycles. The van der Waals surface area contributed by atoms with E-state index in [1.165, 1.54) is 0 Å². The van der Waals surface area contributed by atoms with Gasteiger partial charge in [-0.3, -0.25) is 0 Å². The third-order valence-corrected chi connectivity index (χ3v) is 2.88. The van der Waals surface area contributed by atoms with Crippen LogP contribution >= 0.6 is 10.7 Å². The van der Waals surface area contributed by atoms with Gasteiger partial charge in [0, 0.05) is 10.7 Å². The Labute approximate surface area is 83.4 Å². The average Bonchev–Trinajstić information content (AvgIpc) is 2.01. The molecule has 0 bridgehead atoms. The van der Waals surface area contributed by atoms with E-state index in [4.69, 9.17) is 15.8 Å². The van der Waals surface area contributed by atoms with Crippen molar-refractivity contribution in [3.05, 3.63) is 23.8 Å². The standard InChI is InChI=1S/C7H5ClF2O3S/c8-14(12,13)5-3-1-2-4(6(5)11)7(9)10/h1-3,7,11H. The Hall–Kier alpha value is -0.880. The van der Waals surface area contributed by atoms with E-state index in [1.807, 2.05) is 0 Å². The predicted octanol–water partition coefficient (Wildman–Crippen LogP) is 2.26. The van der Waals surface area contributed by atoms with Gasteiger partial charge >= 0.3 is 0 Å². The first-order valence-electron chi connectivity index (χ1n) is 3.38. The lowest BCUT2D eigenvalue weighted by molar-refractivity contribution is 0.147. The van der Waals surface area contributed by atoms with Crippen molar-refractivity contribution in [2.24, 2.45) is 0 Å². The number of para-hydroxylation sites is 1. The summed E-state index contributed by atoms with van der Waals surface area (Å²) in [5.74, 6) is -1.00. The summed E-state index contributed by atoms with van der Waals surface area (Å²) in [6.07, 6.45) is -2.95. The van der Waals surface area contributed by atoms with Crippen LogP contribution in [-0.2, 0) is 9.05 Å². The van der Waals surface area contributed by atoms with Crippen molar-refractivity contribution in [3.8, 4) is 5.75 Å². The van der Waals surface area contributed by atoms with Gasteiger partial charge in [-0.15, -0.1) is 0 Å². The van der Waals surface area contributed by atoms with Crippen LogP contribution in [0.3, 0.4) is 0 Å². The molecule has 0 aliphatic rings. The molecule has 14 heavy (non-hydrogen) atoms. The second-order valence-electron chi connectivity index (χ2n) is 2.43. The first-order valence-corrected chi connectivity index (χ1v) is 5.69. The minimum absolute atomic E-state index is 0.711. The zero-order valence-corrected chi connectivity index (χ0v) is 8.19. The molecule has 0 saturated heterocycles. The second kappa shape index (κ2) is 3.70. The number of hydrogen-bond donors (Lipinski definition) is 1. The molecule has 0 spiro atoms. The van der Waals surface area contributed by atoms with Gasteiger partial charge in [0.2, 0.25) is 0 Å². The molecule has 1 aromatic rings. The van der Waals surface area contributed by atoms with Gasteiger partial charge in [-0.2, -0.15) is 0 Å². The van der Waals surface area contributed by atoms with Gasteiger partial charge in [-0.25, -0.2) is 17.2 Å². The van der Waals surface area contributed by atoms with Gasteiger partial charge in [-0.1, -0.05) is 6.07 Å². The first-order chi connectivity index (χ1) is 6.34. The van der Waals surface area contributed by atoms with Gasteiger partial charge in [-0.05, 0) is 12.1 Å². The van der Waals surface area contributed by atoms with Crippen molar-refractivity contribution < 1.29 is 22.3 Å². The highest BCUT2D eigenvalue weighted by Gasteiger charge is 2.21. The lowest BCUT2D eigenvalue weighted by atomic mass is 10.2. The molecule has 3 nitrogen and oxygen atoms in total. The highest BCUT2D eigenvalue weighted by Crippen LogP contribution is 2.34. The molecule has 0 aliphatic carbocycles. The van der Waals surface area contributed by atoms with E-state index in [0.29, 0.717) is 0 Å². The van der Waals surface area contributed by atoms with Crippen LogP contribution in [0.1, 0.15) is 12.0 Å². The molecule has 0 unspecified atom stereocenters. The van der Waals surface area contributed by atoms with Gasteiger partial charge in [0.05, 0.1) is 5.56 Å². The zero-order valence-electron chi connectivity index (χ0n) is 6.62. The SMILES string of the molecule is O=S(=O)(Cl)c1cccc(C(F)F)c1O. The van der Waals surface area contributed by atoms with Crippen LogP contribution in [-0.4, -0.2) is 13.5 Å². The molecule has 0 saturated carbocycles. The zero-order chi connectivity index (χ0) is 10.9. The largest absolute Gasteiger partial charge is 0.506 e. The number of benzene rings is 1. The maximum Gasteiger partial charge on any atom is 0.267 e. The number of hydrogen-bond acceptors (Lipinski definition) is 3. The molecular weight excluding hydrogens is 238 g/mol. The molecule has 0 radical (unpaired) electrons. The maximum atomic E-state index is 12.2. The summed E-state index contributed by atoms with van der Waals surface area (Å²) < 4.78 is 46.0. The summed E-state index contributed by atoms with van der Waals surface area (Å²) in [5, 5.41) is 9.15. The molecule has 0 amide bonds. The van der Waals surface area contributed by atoms with Crippen LogP contribution < -0.4 is 0 Å². The Morgan fingerprint density at radius 1 is 1.36 bits per heavy atom. The predicted molar refractivity (Wildman–Crippen MR) is 46.1 cm³/mol. The summed E-state index contributed by atoms with van der Waals surface area (Å²) in [7, 11) is 0.707. The van der Waals surface area contributed by atoms with E-state index in [0.717, 1.165) is 18.2 Å². The van der Waals surface area contributed by atoms with E-state index in [9.17, 15) is 17.2 Å². The van der Waals surface area contributed by atoms with Crippen molar-refractivity contribution in [2.45, 2.75) is 11.3 Å². The topological polar surface area (TPSA) is 54.4 Å². The summed E-state index contributed by atoms with van der Waals surface area (Å²) in [6.45, 7) is 0. The van der Waals surface area contributed by atoms with Crippen LogP contribution in [0, 0.1) is 0 Å². The highest BCUT2D eigenvalue weighted by molar-refractivity contribution is 8.13. The molecule has 0 heterocycles. The third kappa shape index (κ3) is 2.13. The summed E-state index contributed by atoms with van der Waals surface area (Å²) >= 11 is 0. The quantitative estimate of drug-likeness (QED) is 0.810. The van der Waals surface area contributed by atoms with E-state index in [-0.39, 0.29) is 0 Å². The van der Waals surface area contributed by atoms with Crippen LogP contribution in [0.15, 0.2) is 23.1 Å². The minimum atomic E-state index is -4.20. The molecule has 0 aromatic heterocycles. The Morgan fingerprint density at radius 3 is 2.36 bits per heavy atom. The van der Waals surface area contributed by atoms with Gasteiger partial charge in [0.15, 0.2) is 0 Å². The molecule has 1 N–H and O–H groups in total. The Bertz CT molecular complexity index is 444. The van der Waals surface area contributed by atoms with E-state index >= 15 is 0 Å². The Kier molecular flexibility index (Phi) is 2.96. The van der Waals surface area contributed by atoms with Gasteiger partial charge in [0.1, 0.15) is 10.6 Å². The molecule has 78 valence electrons. The Balaban J connectivity index is 3.43. The van der Waals surface area contributed by atoms with E-state index in [2.05, 4.69) is 0 Å². The molecular formula is C7H5ClF2O3S. The van der Waals surface area contributed by atoms with Crippen molar-refractivity contribution in [1.82, 2.24) is 0 Å². The lowest BCUT2D eigenvalue weighted by Crippen LogP contribution is -1.94. The van der Waals surface area contributed by atoms with Crippen LogP contribution in [0.25, 0.3) is 0 Å². The van der Waals surface area contributed by atoms with Crippen LogP contribution in [0.5, 0.6) is 5.75 Å². The van der Waals surface area contributed by atoms with Crippen molar-refractivity contribution in [2.75, 3.05) is 0 Å². The number of halogens is 3. The number of alkyl halides is 2. The fourth-order valence-electron chi connectivity index (χ4n) is 0.912. The fraction of sp³-hybridized carbons (Fsp3) is 0.143. The lowest BCUT2D eigenvalue weighted by Gasteiger charge is -2.05. The number of phenolic OH excluding ortho intramolecular Hbond substituents is 1. The summed E-state index contributed by atoms with van der Waals surface area (Å²) in [5.41, 5.74) is -0.758. The smallest absolute Gasteiger partial charge is 0.267 e. The van der Waals surface area contributed by atoms with Crippen molar-refractivity contribution in [1.29, 1.82) is 0 Å². The molecule has 0 atom stereocenters. The number of aromatic hydroxyl groups is 1. The number of rotatable bonds is 2. The minimum Gasteiger partial charge on any atom is -0.506 e. The molecule has 1 rings (SSSR count). The highest BCUT2D eigenvalue weighted by atomic mass is 35.7. The van der Waals surface area contributed by atoms with E-state index in [1.54, 1.807) is 0 Å².